The predicted octanol–water partition coefficient (Wildman–Crippen LogP) is 0.219. The highest BCUT2D eigenvalue weighted by atomic mass is 35.5. The second-order valence-corrected chi connectivity index (χ2v) is 3.16. The number of halogens is 1. The van der Waals surface area contributed by atoms with Crippen molar-refractivity contribution in [3.8, 4) is 0 Å². The fraction of sp³-hybridized carbons (Fsp3) is 0.625. The van der Waals surface area contributed by atoms with E-state index >= 15 is 0 Å². The van der Waals surface area contributed by atoms with Gasteiger partial charge in [0.05, 0.1) is 12.6 Å². The summed E-state index contributed by atoms with van der Waals surface area (Å²) in [5.74, 6) is -0.237. The zero-order chi connectivity index (χ0) is 10.3. The van der Waals surface area contributed by atoms with Crippen LogP contribution in [-0.2, 0) is 9.53 Å². The van der Waals surface area contributed by atoms with E-state index < -0.39 is 6.04 Å². The molecular formula is C8H15ClN2O2. The largest absolute Gasteiger partial charge is 0.385 e. The molecule has 0 radical (unpaired) electrons. The van der Waals surface area contributed by atoms with Crippen molar-refractivity contribution < 1.29 is 9.53 Å². The van der Waals surface area contributed by atoms with Crippen LogP contribution in [0.15, 0.2) is 11.6 Å². The van der Waals surface area contributed by atoms with E-state index in [9.17, 15) is 4.79 Å². The van der Waals surface area contributed by atoms with Crippen LogP contribution in [0.3, 0.4) is 0 Å². The van der Waals surface area contributed by atoms with E-state index in [4.69, 9.17) is 22.1 Å². The molecule has 0 spiro atoms. The number of rotatable bonds is 6. The van der Waals surface area contributed by atoms with Crippen molar-refractivity contribution in [3.63, 3.8) is 0 Å². The third kappa shape index (κ3) is 6.57. The molecule has 0 bridgehead atoms. The quantitative estimate of drug-likeness (QED) is 0.654. The lowest BCUT2D eigenvalue weighted by molar-refractivity contribution is -0.122. The zero-order valence-electron chi connectivity index (χ0n) is 7.68. The van der Waals surface area contributed by atoms with Crippen LogP contribution in [0.5, 0.6) is 0 Å². The van der Waals surface area contributed by atoms with Gasteiger partial charge in [-0.1, -0.05) is 18.2 Å². The summed E-state index contributed by atoms with van der Waals surface area (Å²) in [7, 11) is 1.56. The maximum atomic E-state index is 11.2. The van der Waals surface area contributed by atoms with E-state index in [1.807, 2.05) is 0 Å². The van der Waals surface area contributed by atoms with Gasteiger partial charge in [0.15, 0.2) is 0 Å². The van der Waals surface area contributed by atoms with Crippen LogP contribution in [0.4, 0.5) is 0 Å². The van der Waals surface area contributed by atoms with Gasteiger partial charge in [-0.15, -0.1) is 0 Å². The first-order valence-electron chi connectivity index (χ1n) is 3.93. The first-order chi connectivity index (χ1) is 6.07. The fourth-order valence-corrected chi connectivity index (χ4v) is 0.757. The van der Waals surface area contributed by atoms with E-state index in [1.54, 1.807) is 7.11 Å². The second kappa shape index (κ2) is 6.88. The normalized spacial score (nSPS) is 12.2. The molecule has 0 saturated carbocycles. The lowest BCUT2D eigenvalue weighted by Gasteiger charge is -2.10. The molecule has 76 valence electrons. The number of methoxy groups -OCH3 is 1. The Kier molecular flexibility index (Phi) is 6.58. The highest BCUT2D eigenvalue weighted by Crippen LogP contribution is 1.94. The third-order valence-electron chi connectivity index (χ3n) is 1.42. The highest BCUT2D eigenvalue weighted by molar-refractivity contribution is 6.29. The number of nitrogens with two attached hydrogens (primary N) is 1. The van der Waals surface area contributed by atoms with Gasteiger partial charge in [-0.25, -0.2) is 0 Å². The maximum Gasteiger partial charge on any atom is 0.237 e. The Bertz CT molecular complexity index is 185. The Labute approximate surface area is 83.1 Å². The first-order valence-corrected chi connectivity index (χ1v) is 4.31. The van der Waals surface area contributed by atoms with Crippen molar-refractivity contribution in [2.75, 3.05) is 20.3 Å². The molecule has 0 heterocycles. The number of hydrogen-bond acceptors (Lipinski definition) is 3. The minimum Gasteiger partial charge on any atom is -0.385 e. The van der Waals surface area contributed by atoms with Crippen LogP contribution in [0.1, 0.15) is 6.42 Å². The van der Waals surface area contributed by atoms with Crippen molar-refractivity contribution in [3.05, 3.63) is 11.6 Å². The molecule has 0 aliphatic heterocycles. The van der Waals surface area contributed by atoms with Gasteiger partial charge in [-0.3, -0.25) is 4.79 Å². The first kappa shape index (κ1) is 12.4. The fourth-order valence-electron chi connectivity index (χ4n) is 0.690. The maximum absolute atomic E-state index is 11.2. The van der Waals surface area contributed by atoms with Crippen molar-refractivity contribution in [2.24, 2.45) is 5.73 Å². The van der Waals surface area contributed by atoms with Crippen molar-refractivity contribution in [1.82, 2.24) is 5.32 Å². The molecule has 0 saturated heterocycles. The number of carbonyl (C=O) groups is 1. The van der Waals surface area contributed by atoms with Gasteiger partial charge >= 0.3 is 0 Å². The summed E-state index contributed by atoms with van der Waals surface area (Å²) in [4.78, 5) is 11.2. The number of carbonyl (C=O) groups excluding carboxylic acids is 1. The lowest BCUT2D eigenvalue weighted by Crippen LogP contribution is -2.41. The minimum atomic E-state index is -0.545. The Morgan fingerprint density at radius 2 is 2.38 bits per heavy atom. The molecular weight excluding hydrogens is 192 g/mol. The van der Waals surface area contributed by atoms with E-state index in [0.717, 1.165) is 0 Å². The summed E-state index contributed by atoms with van der Waals surface area (Å²) >= 11 is 5.46. The monoisotopic (exact) mass is 206 g/mol. The van der Waals surface area contributed by atoms with E-state index in [0.29, 0.717) is 18.1 Å². The van der Waals surface area contributed by atoms with Crippen LogP contribution < -0.4 is 11.1 Å². The number of hydrogen-bond donors (Lipinski definition) is 2. The molecule has 0 aliphatic carbocycles. The van der Waals surface area contributed by atoms with E-state index in [1.165, 1.54) is 0 Å². The summed E-state index contributed by atoms with van der Waals surface area (Å²) in [6.07, 6.45) is 0.497. The van der Waals surface area contributed by atoms with Gasteiger partial charge in [0.1, 0.15) is 0 Å². The molecule has 1 atom stereocenters. The Balaban J connectivity index is 3.63. The molecule has 1 amide bonds. The number of amides is 1. The zero-order valence-corrected chi connectivity index (χ0v) is 8.43. The standard InChI is InChI=1S/C8H15ClN2O2/c1-6(9)5-11-8(12)7(10)3-4-13-2/h7H,1,3-5,10H2,2H3,(H,11,12). The molecule has 0 aromatic rings. The van der Waals surface area contributed by atoms with Crippen molar-refractivity contribution in [1.29, 1.82) is 0 Å². The Hall–Kier alpha value is -0.580. The van der Waals surface area contributed by atoms with Gasteiger partial charge in [-0.05, 0) is 6.42 Å². The molecule has 0 aromatic heterocycles. The van der Waals surface area contributed by atoms with Crippen LogP contribution in [0.2, 0.25) is 0 Å². The molecule has 0 aromatic carbocycles. The predicted molar refractivity (Wildman–Crippen MR) is 52.5 cm³/mol. The average molecular weight is 207 g/mol. The molecule has 4 nitrogen and oxygen atoms in total. The minimum absolute atomic E-state index is 0.237. The third-order valence-corrected chi connectivity index (χ3v) is 1.56. The van der Waals surface area contributed by atoms with E-state index in [-0.39, 0.29) is 12.5 Å². The summed E-state index contributed by atoms with van der Waals surface area (Å²) in [6.45, 7) is 4.15. The summed E-state index contributed by atoms with van der Waals surface area (Å²) in [6, 6.07) is -0.545. The topological polar surface area (TPSA) is 64.4 Å². The van der Waals surface area contributed by atoms with Crippen molar-refractivity contribution in [2.45, 2.75) is 12.5 Å². The molecule has 5 heteroatoms. The van der Waals surface area contributed by atoms with Crippen molar-refractivity contribution >= 4 is 17.5 Å². The van der Waals surface area contributed by atoms with Crippen LogP contribution in [0, 0.1) is 0 Å². The SMILES string of the molecule is C=C(Cl)CNC(=O)C(N)CCOC. The van der Waals surface area contributed by atoms with Gasteiger partial charge in [0, 0.05) is 18.7 Å². The molecule has 0 fully saturated rings. The van der Waals surface area contributed by atoms with Gasteiger partial charge in [0.2, 0.25) is 5.91 Å². The van der Waals surface area contributed by atoms with Gasteiger partial charge in [-0.2, -0.15) is 0 Å². The van der Waals surface area contributed by atoms with E-state index in [2.05, 4.69) is 11.9 Å². The molecule has 0 aliphatic rings. The summed E-state index contributed by atoms with van der Waals surface area (Å²) in [5.41, 5.74) is 5.52. The Morgan fingerprint density at radius 3 is 2.85 bits per heavy atom. The molecule has 13 heavy (non-hydrogen) atoms. The second-order valence-electron chi connectivity index (χ2n) is 2.62. The molecule has 3 N–H and O–H groups in total. The highest BCUT2D eigenvalue weighted by Gasteiger charge is 2.11. The van der Waals surface area contributed by atoms with Crippen LogP contribution in [-0.4, -0.2) is 32.2 Å². The van der Waals surface area contributed by atoms with Gasteiger partial charge < -0.3 is 15.8 Å². The number of ether oxygens (including phenoxy) is 1. The average Bonchev–Trinajstić information content (AvgIpc) is 2.10. The number of nitrogens with one attached hydrogen (secondary N) is 1. The summed E-state index contributed by atoms with van der Waals surface area (Å²) in [5, 5.41) is 2.92. The van der Waals surface area contributed by atoms with Crippen LogP contribution in [0.25, 0.3) is 0 Å². The van der Waals surface area contributed by atoms with Crippen LogP contribution >= 0.6 is 11.6 Å². The molecule has 0 rings (SSSR count). The molecule has 1 unspecified atom stereocenters. The Morgan fingerprint density at radius 1 is 1.77 bits per heavy atom. The van der Waals surface area contributed by atoms with Gasteiger partial charge in [0.25, 0.3) is 0 Å². The lowest BCUT2D eigenvalue weighted by atomic mass is 10.2. The summed E-state index contributed by atoms with van der Waals surface area (Å²) < 4.78 is 4.78. The smallest absolute Gasteiger partial charge is 0.237 e.